The number of benzene rings is 1. The molecule has 0 spiro atoms. The van der Waals surface area contributed by atoms with Crippen molar-refractivity contribution < 1.29 is 14.3 Å². The van der Waals surface area contributed by atoms with Crippen molar-refractivity contribution in [1.82, 2.24) is 10.2 Å². The lowest BCUT2D eigenvalue weighted by molar-refractivity contribution is -0.122. The predicted molar refractivity (Wildman–Crippen MR) is 77.9 cm³/mol. The van der Waals surface area contributed by atoms with Crippen LogP contribution in [0.15, 0.2) is 18.2 Å². The zero-order valence-electron chi connectivity index (χ0n) is 12.0. The van der Waals surface area contributed by atoms with Crippen LogP contribution in [0.5, 0.6) is 0 Å². The maximum atomic E-state index is 13.9. The lowest BCUT2D eigenvalue weighted by Gasteiger charge is -2.16. The van der Waals surface area contributed by atoms with Crippen molar-refractivity contribution in [2.45, 2.75) is 25.4 Å². The Morgan fingerprint density at radius 2 is 2.29 bits per heavy atom. The molecule has 0 saturated heterocycles. The van der Waals surface area contributed by atoms with Crippen molar-refractivity contribution in [1.29, 1.82) is 0 Å². The third kappa shape index (κ3) is 5.18. The molecule has 1 amide bonds. The van der Waals surface area contributed by atoms with Gasteiger partial charge in [0.1, 0.15) is 12.4 Å². The summed E-state index contributed by atoms with van der Waals surface area (Å²) in [6.45, 7) is 0.363. The molecule has 0 heterocycles. The van der Waals surface area contributed by atoms with Crippen molar-refractivity contribution >= 4 is 5.91 Å². The van der Waals surface area contributed by atoms with Crippen LogP contribution in [0.2, 0.25) is 0 Å². The molecule has 1 aliphatic rings. The van der Waals surface area contributed by atoms with Crippen LogP contribution in [0.3, 0.4) is 0 Å². The van der Waals surface area contributed by atoms with Gasteiger partial charge in [-0.25, -0.2) is 4.39 Å². The van der Waals surface area contributed by atoms with E-state index < -0.39 is 0 Å². The summed E-state index contributed by atoms with van der Waals surface area (Å²) in [6, 6.07) is 5.05. The van der Waals surface area contributed by atoms with Gasteiger partial charge in [0.25, 0.3) is 0 Å². The number of aliphatic hydroxyl groups excluding tert-OH is 1. The fourth-order valence-corrected chi connectivity index (χ4v) is 1.99. The number of nitrogens with zero attached hydrogens (tertiary/aromatic N) is 1. The molecule has 0 aromatic heterocycles. The summed E-state index contributed by atoms with van der Waals surface area (Å²) in [6.07, 6.45) is 2.11. The van der Waals surface area contributed by atoms with Crippen molar-refractivity contribution in [3.05, 3.63) is 35.1 Å². The second kappa shape index (κ2) is 7.21. The Morgan fingerprint density at radius 3 is 2.90 bits per heavy atom. The number of hydrogen-bond donors (Lipinski definition) is 2. The number of carbonyl (C=O) groups is 1. The van der Waals surface area contributed by atoms with E-state index in [1.807, 2.05) is 0 Å². The van der Waals surface area contributed by atoms with Crippen LogP contribution in [0.4, 0.5) is 4.39 Å². The molecule has 112 valence electrons. The molecular formula is C16H19FN2O2. The van der Waals surface area contributed by atoms with Gasteiger partial charge in [0, 0.05) is 23.7 Å². The fourth-order valence-electron chi connectivity index (χ4n) is 1.99. The van der Waals surface area contributed by atoms with E-state index in [1.54, 1.807) is 24.1 Å². The topological polar surface area (TPSA) is 52.6 Å². The Kier molecular flexibility index (Phi) is 5.32. The van der Waals surface area contributed by atoms with E-state index in [1.165, 1.54) is 6.07 Å². The SMILES string of the molecule is CN(CC(=O)NC1CC1)Cc1ccc(C#CCO)cc1F. The van der Waals surface area contributed by atoms with Crippen LogP contribution in [0.1, 0.15) is 24.0 Å². The lowest BCUT2D eigenvalue weighted by atomic mass is 10.1. The maximum absolute atomic E-state index is 13.9. The van der Waals surface area contributed by atoms with Gasteiger partial charge in [0.05, 0.1) is 6.54 Å². The van der Waals surface area contributed by atoms with Crippen molar-refractivity contribution in [2.75, 3.05) is 20.2 Å². The maximum Gasteiger partial charge on any atom is 0.234 e. The van der Waals surface area contributed by atoms with Crippen LogP contribution in [0.25, 0.3) is 0 Å². The highest BCUT2D eigenvalue weighted by Gasteiger charge is 2.23. The van der Waals surface area contributed by atoms with Gasteiger partial charge in [-0.15, -0.1) is 0 Å². The van der Waals surface area contributed by atoms with E-state index >= 15 is 0 Å². The van der Waals surface area contributed by atoms with Crippen LogP contribution < -0.4 is 5.32 Å². The number of halogens is 1. The van der Waals surface area contributed by atoms with Crippen molar-refractivity contribution in [3.63, 3.8) is 0 Å². The minimum Gasteiger partial charge on any atom is -0.384 e. The molecule has 1 aromatic carbocycles. The molecule has 21 heavy (non-hydrogen) atoms. The number of aliphatic hydroxyl groups is 1. The van der Waals surface area contributed by atoms with Crippen LogP contribution in [0, 0.1) is 17.7 Å². The van der Waals surface area contributed by atoms with E-state index in [2.05, 4.69) is 17.2 Å². The molecule has 0 aliphatic heterocycles. The third-order valence-corrected chi connectivity index (χ3v) is 3.16. The van der Waals surface area contributed by atoms with E-state index in [9.17, 15) is 9.18 Å². The quantitative estimate of drug-likeness (QED) is 0.792. The number of rotatable bonds is 5. The first-order chi connectivity index (χ1) is 10.1. The molecule has 5 heteroatoms. The second-order valence-electron chi connectivity index (χ2n) is 5.28. The van der Waals surface area contributed by atoms with Crippen LogP contribution in [-0.2, 0) is 11.3 Å². The second-order valence-corrected chi connectivity index (χ2v) is 5.28. The standard InChI is InChI=1S/C16H19FN2O2/c1-19(11-16(21)18-14-6-7-14)10-13-5-4-12(3-2-8-20)9-15(13)17/h4-5,9,14,20H,6-8,10-11H2,1H3,(H,18,21). The van der Waals surface area contributed by atoms with Crippen LogP contribution >= 0.6 is 0 Å². The summed E-state index contributed by atoms with van der Waals surface area (Å²) in [5, 5.41) is 11.5. The Balaban J connectivity index is 1.90. The van der Waals surface area contributed by atoms with Gasteiger partial charge in [0.15, 0.2) is 0 Å². The van der Waals surface area contributed by atoms with Crippen LogP contribution in [-0.4, -0.2) is 42.2 Å². The zero-order valence-corrected chi connectivity index (χ0v) is 12.0. The Hall–Kier alpha value is -1.90. The first kappa shape index (κ1) is 15.5. The molecule has 1 saturated carbocycles. The summed E-state index contributed by atoms with van der Waals surface area (Å²) in [4.78, 5) is 13.4. The molecule has 0 radical (unpaired) electrons. The minimum absolute atomic E-state index is 0.0224. The van der Waals surface area contributed by atoms with E-state index in [-0.39, 0.29) is 24.9 Å². The van der Waals surface area contributed by atoms with Gasteiger partial charge in [-0.05, 0) is 32.0 Å². The molecule has 4 nitrogen and oxygen atoms in total. The smallest absolute Gasteiger partial charge is 0.234 e. The van der Waals surface area contributed by atoms with Gasteiger partial charge >= 0.3 is 0 Å². The average Bonchev–Trinajstić information content (AvgIpc) is 3.22. The average molecular weight is 290 g/mol. The third-order valence-electron chi connectivity index (χ3n) is 3.16. The zero-order chi connectivity index (χ0) is 15.2. The molecule has 2 N–H and O–H groups in total. The monoisotopic (exact) mass is 290 g/mol. The van der Waals surface area contributed by atoms with Gasteiger partial charge < -0.3 is 10.4 Å². The summed E-state index contributed by atoms with van der Waals surface area (Å²) in [5.74, 6) is 4.76. The predicted octanol–water partition coefficient (Wildman–Crippen LogP) is 0.880. The largest absolute Gasteiger partial charge is 0.384 e. The highest BCUT2D eigenvalue weighted by molar-refractivity contribution is 5.78. The van der Waals surface area contributed by atoms with E-state index in [4.69, 9.17) is 5.11 Å². The molecular weight excluding hydrogens is 271 g/mol. The van der Waals surface area contributed by atoms with Gasteiger partial charge in [-0.3, -0.25) is 9.69 Å². The Bertz CT molecular complexity index is 573. The molecule has 0 unspecified atom stereocenters. The summed E-state index contributed by atoms with van der Waals surface area (Å²) >= 11 is 0. The van der Waals surface area contributed by atoms with E-state index in [0.717, 1.165) is 12.8 Å². The highest BCUT2D eigenvalue weighted by atomic mass is 19.1. The molecule has 0 bridgehead atoms. The Morgan fingerprint density at radius 1 is 1.52 bits per heavy atom. The normalized spacial score (nSPS) is 13.7. The molecule has 1 fully saturated rings. The number of amides is 1. The number of nitrogens with one attached hydrogen (secondary N) is 1. The molecule has 2 rings (SSSR count). The summed E-state index contributed by atoms with van der Waals surface area (Å²) in [5.41, 5.74) is 1.05. The van der Waals surface area contributed by atoms with E-state index in [0.29, 0.717) is 23.7 Å². The Labute approximate surface area is 124 Å². The first-order valence-electron chi connectivity index (χ1n) is 6.94. The van der Waals surface area contributed by atoms with Gasteiger partial charge in [0.2, 0.25) is 5.91 Å². The van der Waals surface area contributed by atoms with Crippen molar-refractivity contribution in [2.24, 2.45) is 0 Å². The summed E-state index contributed by atoms with van der Waals surface area (Å²) in [7, 11) is 1.78. The fraction of sp³-hybridized carbons (Fsp3) is 0.438. The highest BCUT2D eigenvalue weighted by Crippen LogP contribution is 2.18. The molecule has 0 atom stereocenters. The van der Waals surface area contributed by atoms with Gasteiger partial charge in [-0.1, -0.05) is 17.9 Å². The minimum atomic E-state index is -0.353. The van der Waals surface area contributed by atoms with Crippen molar-refractivity contribution in [3.8, 4) is 11.8 Å². The first-order valence-corrected chi connectivity index (χ1v) is 6.94. The molecule has 1 aromatic rings. The van der Waals surface area contributed by atoms with Gasteiger partial charge in [-0.2, -0.15) is 0 Å². The number of likely N-dealkylation sites (N-methyl/N-ethyl adjacent to an activating group) is 1. The summed E-state index contributed by atoms with van der Waals surface area (Å²) < 4.78 is 13.9. The number of hydrogen-bond acceptors (Lipinski definition) is 3. The molecule has 1 aliphatic carbocycles. The number of carbonyl (C=O) groups excluding carboxylic acids is 1. The lowest BCUT2D eigenvalue weighted by Crippen LogP contribution is -2.36.